The molecule has 2 saturated carbocycles. The minimum absolute atomic E-state index is 0.0334. The third kappa shape index (κ3) is 1.06. The molecule has 1 nitrogen and oxygen atoms in total. The zero-order valence-electron chi connectivity index (χ0n) is 10.6. The number of fused-ring (bicyclic) bond motifs is 1. The van der Waals surface area contributed by atoms with Crippen molar-refractivity contribution in [1.29, 1.82) is 5.26 Å². The lowest BCUT2D eigenvalue weighted by Gasteiger charge is -2.64. The van der Waals surface area contributed by atoms with Crippen molar-refractivity contribution in [3.8, 4) is 6.07 Å². The Morgan fingerprint density at radius 2 is 2.12 bits per heavy atom. The Bertz CT molecular complexity index is 392. The molecule has 0 spiro atoms. The first kappa shape index (κ1) is 10.4. The molecule has 0 aromatic rings. The molecule has 86 valence electrons. The van der Waals surface area contributed by atoms with Gasteiger partial charge < -0.3 is 0 Å². The van der Waals surface area contributed by atoms with Gasteiger partial charge in [0.05, 0.1) is 11.5 Å². The van der Waals surface area contributed by atoms with E-state index >= 15 is 0 Å². The Morgan fingerprint density at radius 3 is 2.56 bits per heavy atom. The van der Waals surface area contributed by atoms with E-state index in [2.05, 4.69) is 32.9 Å². The van der Waals surface area contributed by atoms with Crippen molar-refractivity contribution in [2.45, 2.75) is 46.5 Å². The number of rotatable bonds is 2. The first-order chi connectivity index (χ1) is 7.50. The van der Waals surface area contributed by atoms with Gasteiger partial charge in [0.1, 0.15) is 0 Å². The number of nitrogens with zero attached hydrogens (tertiary/aromatic N) is 1. The van der Waals surface area contributed by atoms with Crippen LogP contribution in [0.5, 0.6) is 0 Å². The van der Waals surface area contributed by atoms with Crippen molar-refractivity contribution >= 4 is 0 Å². The van der Waals surface area contributed by atoms with Crippen LogP contribution in [0.25, 0.3) is 0 Å². The third-order valence-corrected chi connectivity index (χ3v) is 5.83. The standard InChI is InChI=1S/C15H21N/c1-10-12-7-11(13(12)14(10,2)3)8-15(9-16)5-4-6-15/h7,10,12-13H,4-6,8H2,1-3H3/t10-,12?,13-/m1/s1. The van der Waals surface area contributed by atoms with E-state index in [0.717, 1.165) is 37.0 Å². The van der Waals surface area contributed by atoms with Crippen molar-refractivity contribution < 1.29 is 0 Å². The monoisotopic (exact) mass is 215 g/mol. The summed E-state index contributed by atoms with van der Waals surface area (Å²) in [5.74, 6) is 2.47. The van der Waals surface area contributed by atoms with Crippen LogP contribution in [0.4, 0.5) is 0 Å². The first-order valence-corrected chi connectivity index (χ1v) is 6.62. The highest BCUT2D eigenvalue weighted by Gasteiger charge is 2.59. The fourth-order valence-electron chi connectivity index (χ4n) is 4.13. The molecule has 3 rings (SSSR count). The molecule has 0 saturated heterocycles. The number of hydrogen-bond acceptors (Lipinski definition) is 1. The van der Waals surface area contributed by atoms with Gasteiger partial charge in [-0.05, 0) is 42.4 Å². The van der Waals surface area contributed by atoms with Gasteiger partial charge in [0.25, 0.3) is 0 Å². The van der Waals surface area contributed by atoms with Gasteiger partial charge in [-0.2, -0.15) is 5.26 Å². The molecule has 0 aromatic heterocycles. The molecule has 0 heterocycles. The Labute approximate surface area is 98.5 Å². The van der Waals surface area contributed by atoms with Crippen molar-refractivity contribution in [3.63, 3.8) is 0 Å². The summed E-state index contributed by atoms with van der Waals surface area (Å²) in [6.45, 7) is 7.16. The zero-order valence-corrected chi connectivity index (χ0v) is 10.6. The van der Waals surface area contributed by atoms with Gasteiger partial charge in [-0.25, -0.2) is 0 Å². The van der Waals surface area contributed by atoms with Crippen molar-refractivity contribution in [2.24, 2.45) is 28.6 Å². The maximum absolute atomic E-state index is 9.28. The van der Waals surface area contributed by atoms with Gasteiger partial charge in [0.15, 0.2) is 0 Å². The predicted molar refractivity (Wildman–Crippen MR) is 64.5 cm³/mol. The van der Waals surface area contributed by atoms with Crippen LogP contribution in [-0.2, 0) is 0 Å². The van der Waals surface area contributed by atoms with E-state index in [-0.39, 0.29) is 5.41 Å². The second-order valence-electron chi connectivity index (χ2n) is 6.83. The van der Waals surface area contributed by atoms with Gasteiger partial charge in [0.2, 0.25) is 0 Å². The molecule has 2 fully saturated rings. The number of hydrogen-bond donors (Lipinski definition) is 0. The molecule has 3 atom stereocenters. The summed E-state index contributed by atoms with van der Waals surface area (Å²) < 4.78 is 0. The van der Waals surface area contributed by atoms with Gasteiger partial charge in [-0.1, -0.05) is 38.8 Å². The molecular formula is C15H21N. The van der Waals surface area contributed by atoms with E-state index in [4.69, 9.17) is 0 Å². The van der Waals surface area contributed by atoms with Gasteiger partial charge in [-0.15, -0.1) is 0 Å². The summed E-state index contributed by atoms with van der Waals surface area (Å²) >= 11 is 0. The summed E-state index contributed by atoms with van der Waals surface area (Å²) in [6.07, 6.45) is 7.07. The van der Waals surface area contributed by atoms with Crippen LogP contribution < -0.4 is 0 Å². The normalized spacial score (nSPS) is 41.6. The fraction of sp³-hybridized carbons (Fsp3) is 0.800. The zero-order chi connectivity index (χ0) is 11.6. The molecular weight excluding hydrogens is 194 g/mol. The molecule has 0 bridgehead atoms. The van der Waals surface area contributed by atoms with Crippen LogP contribution in [0.15, 0.2) is 11.6 Å². The molecule has 1 heteroatoms. The molecule has 0 aromatic carbocycles. The molecule has 0 aliphatic heterocycles. The largest absolute Gasteiger partial charge is 0.198 e. The summed E-state index contributed by atoms with van der Waals surface area (Å²) in [5.41, 5.74) is 2.12. The van der Waals surface area contributed by atoms with E-state index < -0.39 is 0 Å². The highest BCUT2D eigenvalue weighted by molar-refractivity contribution is 5.35. The van der Waals surface area contributed by atoms with Crippen LogP contribution in [0.3, 0.4) is 0 Å². The van der Waals surface area contributed by atoms with E-state index in [1.807, 2.05) is 0 Å². The Hall–Kier alpha value is -0.770. The van der Waals surface area contributed by atoms with Crippen LogP contribution >= 0.6 is 0 Å². The minimum atomic E-state index is 0.0334. The molecule has 0 N–H and O–H groups in total. The SMILES string of the molecule is C[C@@H]1C2C=C(CC3(C#N)CCC3)[C@H]2C1(C)C. The highest BCUT2D eigenvalue weighted by atomic mass is 14.6. The van der Waals surface area contributed by atoms with E-state index in [1.54, 1.807) is 5.57 Å². The van der Waals surface area contributed by atoms with E-state index in [1.165, 1.54) is 6.42 Å². The first-order valence-electron chi connectivity index (χ1n) is 6.62. The lowest BCUT2D eigenvalue weighted by atomic mass is 9.40. The second-order valence-corrected chi connectivity index (χ2v) is 6.83. The quantitative estimate of drug-likeness (QED) is 0.640. The summed E-state index contributed by atoms with van der Waals surface area (Å²) in [7, 11) is 0. The van der Waals surface area contributed by atoms with Crippen LogP contribution in [0.2, 0.25) is 0 Å². The van der Waals surface area contributed by atoms with E-state index in [0.29, 0.717) is 5.41 Å². The molecule has 0 radical (unpaired) electrons. The van der Waals surface area contributed by atoms with Crippen molar-refractivity contribution in [2.75, 3.05) is 0 Å². The lowest BCUT2D eigenvalue weighted by Crippen LogP contribution is -2.57. The number of allylic oxidation sites excluding steroid dienone is 2. The average Bonchev–Trinajstić information content (AvgIpc) is 2.13. The van der Waals surface area contributed by atoms with Crippen molar-refractivity contribution in [3.05, 3.63) is 11.6 Å². The molecule has 3 aliphatic rings. The smallest absolute Gasteiger partial charge is 0.0693 e. The summed E-state index contributed by atoms with van der Waals surface area (Å²) in [4.78, 5) is 0. The second kappa shape index (κ2) is 2.92. The minimum Gasteiger partial charge on any atom is -0.198 e. The van der Waals surface area contributed by atoms with E-state index in [9.17, 15) is 5.26 Å². The highest BCUT2D eigenvalue weighted by Crippen LogP contribution is 2.66. The van der Waals surface area contributed by atoms with Crippen LogP contribution in [-0.4, -0.2) is 0 Å². The Morgan fingerprint density at radius 1 is 1.44 bits per heavy atom. The molecule has 3 aliphatic carbocycles. The fourth-order valence-corrected chi connectivity index (χ4v) is 4.13. The Balaban J connectivity index is 1.74. The third-order valence-electron chi connectivity index (χ3n) is 5.83. The predicted octanol–water partition coefficient (Wildman–Crippen LogP) is 3.92. The summed E-state index contributed by atoms with van der Waals surface area (Å²) in [5, 5.41) is 9.28. The Kier molecular flexibility index (Phi) is 1.89. The lowest BCUT2D eigenvalue weighted by molar-refractivity contribution is -0.0662. The maximum atomic E-state index is 9.28. The number of nitriles is 1. The summed E-state index contributed by atoms with van der Waals surface area (Å²) in [6, 6.07) is 2.57. The average molecular weight is 215 g/mol. The topological polar surface area (TPSA) is 23.8 Å². The van der Waals surface area contributed by atoms with Gasteiger partial charge >= 0.3 is 0 Å². The van der Waals surface area contributed by atoms with Gasteiger partial charge in [-0.3, -0.25) is 0 Å². The maximum Gasteiger partial charge on any atom is 0.0693 e. The molecule has 1 unspecified atom stereocenters. The van der Waals surface area contributed by atoms with Crippen LogP contribution in [0, 0.1) is 39.9 Å². The van der Waals surface area contributed by atoms with Crippen LogP contribution in [0.1, 0.15) is 46.5 Å². The van der Waals surface area contributed by atoms with Crippen molar-refractivity contribution in [1.82, 2.24) is 0 Å². The molecule has 16 heavy (non-hydrogen) atoms. The molecule has 0 amide bonds. The van der Waals surface area contributed by atoms with Gasteiger partial charge in [0, 0.05) is 0 Å².